The van der Waals surface area contributed by atoms with Gasteiger partial charge in [0.1, 0.15) is 0 Å². The minimum atomic E-state index is 0.807. The van der Waals surface area contributed by atoms with Crippen LogP contribution in [0.4, 0.5) is 0 Å². The number of aromatic nitrogens is 2. The Morgan fingerprint density at radius 3 is 2.55 bits per heavy atom. The Kier molecular flexibility index (Phi) is 4.84. The fourth-order valence-corrected chi connectivity index (χ4v) is 2.78. The standard InChI is InChI=1S/C16H22ClN3/c1-5-18-10-14-8-7-13(9-15(14)17)16-11(3)19-20(6-2)12(16)4/h7-9,18H,5-6,10H2,1-4H3. The van der Waals surface area contributed by atoms with Crippen LogP contribution in [0.2, 0.25) is 5.02 Å². The van der Waals surface area contributed by atoms with E-state index < -0.39 is 0 Å². The summed E-state index contributed by atoms with van der Waals surface area (Å²) in [5.74, 6) is 0. The number of nitrogens with one attached hydrogen (secondary N) is 1. The van der Waals surface area contributed by atoms with Crippen molar-refractivity contribution in [3.63, 3.8) is 0 Å². The summed E-state index contributed by atoms with van der Waals surface area (Å²) >= 11 is 6.39. The first-order valence-electron chi connectivity index (χ1n) is 7.12. The normalized spacial score (nSPS) is 11.1. The van der Waals surface area contributed by atoms with Gasteiger partial charge in [-0.2, -0.15) is 5.10 Å². The number of halogens is 1. The molecule has 0 aliphatic rings. The molecule has 0 amide bonds. The van der Waals surface area contributed by atoms with Gasteiger partial charge in [-0.3, -0.25) is 4.68 Å². The van der Waals surface area contributed by atoms with Gasteiger partial charge in [-0.1, -0.05) is 30.7 Å². The highest BCUT2D eigenvalue weighted by atomic mass is 35.5. The highest BCUT2D eigenvalue weighted by Crippen LogP contribution is 2.30. The molecule has 0 aliphatic carbocycles. The van der Waals surface area contributed by atoms with Gasteiger partial charge in [0.25, 0.3) is 0 Å². The lowest BCUT2D eigenvalue weighted by atomic mass is 10.0. The van der Waals surface area contributed by atoms with E-state index in [4.69, 9.17) is 11.6 Å². The topological polar surface area (TPSA) is 29.9 Å². The molecule has 0 saturated heterocycles. The Bertz CT molecular complexity index is 602. The minimum absolute atomic E-state index is 0.807. The van der Waals surface area contributed by atoms with Crippen molar-refractivity contribution in [1.82, 2.24) is 15.1 Å². The van der Waals surface area contributed by atoms with Crippen LogP contribution in [0.15, 0.2) is 18.2 Å². The van der Waals surface area contributed by atoms with Gasteiger partial charge in [0, 0.05) is 29.4 Å². The molecule has 0 bridgehead atoms. The third-order valence-corrected chi connectivity index (χ3v) is 3.94. The Morgan fingerprint density at radius 2 is 2.00 bits per heavy atom. The van der Waals surface area contributed by atoms with E-state index >= 15 is 0 Å². The van der Waals surface area contributed by atoms with Crippen molar-refractivity contribution in [1.29, 1.82) is 0 Å². The summed E-state index contributed by atoms with van der Waals surface area (Å²) in [6, 6.07) is 6.28. The molecule has 0 aliphatic heterocycles. The van der Waals surface area contributed by atoms with Gasteiger partial charge in [-0.15, -0.1) is 0 Å². The molecule has 2 rings (SSSR count). The fourth-order valence-electron chi connectivity index (χ4n) is 2.53. The molecule has 1 aromatic heterocycles. The number of hydrogen-bond acceptors (Lipinski definition) is 2. The summed E-state index contributed by atoms with van der Waals surface area (Å²) in [6.45, 7) is 11.0. The molecule has 1 N–H and O–H groups in total. The molecule has 0 fully saturated rings. The SMILES string of the molecule is CCNCc1ccc(-c2c(C)nn(CC)c2C)cc1Cl. The molecular weight excluding hydrogens is 270 g/mol. The van der Waals surface area contributed by atoms with Crippen LogP contribution in [0.3, 0.4) is 0 Å². The van der Waals surface area contributed by atoms with Gasteiger partial charge in [0.05, 0.1) is 5.69 Å². The number of hydrogen-bond donors (Lipinski definition) is 1. The monoisotopic (exact) mass is 291 g/mol. The summed E-state index contributed by atoms with van der Waals surface area (Å²) in [6.07, 6.45) is 0. The zero-order chi connectivity index (χ0) is 14.7. The molecule has 4 heteroatoms. The van der Waals surface area contributed by atoms with Crippen LogP contribution >= 0.6 is 11.6 Å². The molecule has 108 valence electrons. The second kappa shape index (κ2) is 6.42. The predicted molar refractivity (Wildman–Crippen MR) is 85.2 cm³/mol. The maximum Gasteiger partial charge on any atom is 0.0674 e. The Labute approximate surface area is 126 Å². The predicted octanol–water partition coefficient (Wildman–Crippen LogP) is 3.95. The maximum absolute atomic E-state index is 6.39. The summed E-state index contributed by atoms with van der Waals surface area (Å²) in [4.78, 5) is 0. The third-order valence-electron chi connectivity index (χ3n) is 3.59. The van der Waals surface area contributed by atoms with E-state index in [1.165, 1.54) is 11.3 Å². The largest absolute Gasteiger partial charge is 0.313 e. The van der Waals surface area contributed by atoms with E-state index in [1.54, 1.807) is 0 Å². The number of benzene rings is 1. The van der Waals surface area contributed by atoms with Crippen molar-refractivity contribution in [3.8, 4) is 11.1 Å². The van der Waals surface area contributed by atoms with Gasteiger partial charge in [0.15, 0.2) is 0 Å². The smallest absolute Gasteiger partial charge is 0.0674 e. The van der Waals surface area contributed by atoms with Gasteiger partial charge >= 0.3 is 0 Å². The molecule has 0 unspecified atom stereocenters. The zero-order valence-corrected chi connectivity index (χ0v) is 13.4. The molecule has 2 aromatic rings. The lowest BCUT2D eigenvalue weighted by molar-refractivity contribution is 0.634. The van der Waals surface area contributed by atoms with Crippen molar-refractivity contribution in [2.45, 2.75) is 40.8 Å². The van der Waals surface area contributed by atoms with E-state index in [9.17, 15) is 0 Å². The van der Waals surface area contributed by atoms with E-state index in [0.717, 1.165) is 41.5 Å². The highest BCUT2D eigenvalue weighted by Gasteiger charge is 2.13. The lowest BCUT2D eigenvalue weighted by Gasteiger charge is -2.08. The molecule has 0 spiro atoms. The van der Waals surface area contributed by atoms with Crippen molar-refractivity contribution in [2.75, 3.05) is 6.54 Å². The summed E-state index contributed by atoms with van der Waals surface area (Å²) in [5.41, 5.74) is 5.73. The number of nitrogens with zero attached hydrogens (tertiary/aromatic N) is 2. The third kappa shape index (κ3) is 2.89. The molecule has 1 heterocycles. The highest BCUT2D eigenvalue weighted by molar-refractivity contribution is 6.31. The Morgan fingerprint density at radius 1 is 1.25 bits per heavy atom. The van der Waals surface area contributed by atoms with Crippen molar-refractivity contribution in [3.05, 3.63) is 40.2 Å². The van der Waals surface area contributed by atoms with Gasteiger partial charge < -0.3 is 5.32 Å². The van der Waals surface area contributed by atoms with Gasteiger partial charge in [-0.05, 0) is 44.5 Å². The molecule has 0 atom stereocenters. The molecule has 0 radical (unpaired) electrons. The lowest BCUT2D eigenvalue weighted by Crippen LogP contribution is -2.11. The minimum Gasteiger partial charge on any atom is -0.313 e. The van der Waals surface area contributed by atoms with Gasteiger partial charge in [-0.25, -0.2) is 0 Å². The molecular formula is C16H22ClN3. The first kappa shape index (κ1) is 15.1. The van der Waals surface area contributed by atoms with Crippen molar-refractivity contribution in [2.24, 2.45) is 0 Å². The Balaban J connectivity index is 2.39. The first-order valence-corrected chi connectivity index (χ1v) is 7.49. The van der Waals surface area contributed by atoms with E-state index in [0.29, 0.717) is 0 Å². The zero-order valence-electron chi connectivity index (χ0n) is 12.6. The average Bonchev–Trinajstić information content (AvgIpc) is 2.72. The van der Waals surface area contributed by atoms with Crippen molar-refractivity contribution < 1.29 is 0 Å². The van der Waals surface area contributed by atoms with Crippen LogP contribution in [-0.2, 0) is 13.1 Å². The number of rotatable bonds is 5. The van der Waals surface area contributed by atoms with Crippen LogP contribution in [-0.4, -0.2) is 16.3 Å². The fraction of sp³-hybridized carbons (Fsp3) is 0.438. The van der Waals surface area contributed by atoms with E-state index in [2.05, 4.69) is 50.2 Å². The van der Waals surface area contributed by atoms with Crippen LogP contribution in [0.5, 0.6) is 0 Å². The van der Waals surface area contributed by atoms with Crippen LogP contribution < -0.4 is 5.32 Å². The average molecular weight is 292 g/mol. The summed E-state index contributed by atoms with van der Waals surface area (Å²) < 4.78 is 2.03. The second-order valence-electron chi connectivity index (χ2n) is 4.95. The quantitative estimate of drug-likeness (QED) is 0.904. The van der Waals surface area contributed by atoms with E-state index in [1.807, 2.05) is 10.7 Å². The maximum atomic E-state index is 6.39. The molecule has 1 aromatic carbocycles. The molecule has 3 nitrogen and oxygen atoms in total. The van der Waals surface area contributed by atoms with Crippen LogP contribution in [0.1, 0.15) is 30.8 Å². The van der Waals surface area contributed by atoms with E-state index in [-0.39, 0.29) is 0 Å². The summed E-state index contributed by atoms with van der Waals surface area (Å²) in [7, 11) is 0. The van der Waals surface area contributed by atoms with Gasteiger partial charge in [0.2, 0.25) is 0 Å². The summed E-state index contributed by atoms with van der Waals surface area (Å²) in [5, 5.41) is 8.68. The van der Waals surface area contributed by atoms with Crippen molar-refractivity contribution >= 4 is 11.6 Å². The van der Waals surface area contributed by atoms with Crippen LogP contribution in [0, 0.1) is 13.8 Å². The number of aryl methyl sites for hydroxylation is 2. The molecule has 0 saturated carbocycles. The first-order chi connectivity index (χ1) is 9.58. The second-order valence-corrected chi connectivity index (χ2v) is 5.36. The van der Waals surface area contributed by atoms with Crippen LogP contribution in [0.25, 0.3) is 11.1 Å². The molecule has 20 heavy (non-hydrogen) atoms. The Hall–Kier alpha value is -1.32.